The molecule has 0 bridgehead atoms. The number of nitrogens with zero attached hydrogens (tertiary/aromatic N) is 1. The maximum atomic E-state index is 12.3. The van der Waals surface area contributed by atoms with Crippen molar-refractivity contribution in [3.63, 3.8) is 0 Å². The van der Waals surface area contributed by atoms with Crippen molar-refractivity contribution >= 4 is 17.5 Å². The van der Waals surface area contributed by atoms with E-state index < -0.39 is 0 Å². The number of rotatable bonds is 4. The van der Waals surface area contributed by atoms with Gasteiger partial charge in [0, 0.05) is 23.7 Å². The standard InChI is InChI=1S/C19H21N3O2/c23-18(14-5-2-1-3-6-14)21-16-10-8-15(9-11-16)19(24)22-17-7-4-12-20-13-17/h1-7,12-13,15-16H,8-11H2,(H,21,23)(H,22,24). The molecule has 1 aromatic carbocycles. The number of amides is 2. The Morgan fingerprint density at radius 3 is 2.38 bits per heavy atom. The molecule has 3 rings (SSSR count). The number of pyridine rings is 1. The predicted molar refractivity (Wildman–Crippen MR) is 92.5 cm³/mol. The number of hydrogen-bond donors (Lipinski definition) is 2. The lowest BCUT2D eigenvalue weighted by molar-refractivity contribution is -0.120. The van der Waals surface area contributed by atoms with E-state index in [0.29, 0.717) is 5.56 Å². The Bertz CT molecular complexity index is 680. The minimum atomic E-state index is -0.0427. The highest BCUT2D eigenvalue weighted by atomic mass is 16.2. The zero-order valence-electron chi connectivity index (χ0n) is 13.4. The highest BCUT2D eigenvalue weighted by Gasteiger charge is 2.27. The summed E-state index contributed by atoms with van der Waals surface area (Å²) < 4.78 is 0. The van der Waals surface area contributed by atoms with Gasteiger partial charge in [0.15, 0.2) is 0 Å². The summed E-state index contributed by atoms with van der Waals surface area (Å²) in [7, 11) is 0. The summed E-state index contributed by atoms with van der Waals surface area (Å²) in [5.41, 5.74) is 1.40. The Balaban J connectivity index is 1.47. The molecular weight excluding hydrogens is 302 g/mol. The molecule has 1 saturated carbocycles. The van der Waals surface area contributed by atoms with Crippen LogP contribution >= 0.6 is 0 Å². The van der Waals surface area contributed by atoms with Crippen LogP contribution < -0.4 is 10.6 Å². The van der Waals surface area contributed by atoms with Crippen molar-refractivity contribution in [2.75, 3.05) is 5.32 Å². The first kappa shape index (κ1) is 16.2. The molecular formula is C19H21N3O2. The molecule has 0 atom stereocenters. The minimum Gasteiger partial charge on any atom is -0.349 e. The van der Waals surface area contributed by atoms with Gasteiger partial charge in [0.1, 0.15) is 0 Å². The van der Waals surface area contributed by atoms with Gasteiger partial charge in [-0.2, -0.15) is 0 Å². The first-order valence-corrected chi connectivity index (χ1v) is 8.29. The van der Waals surface area contributed by atoms with Crippen LogP contribution in [0.5, 0.6) is 0 Å². The first-order valence-electron chi connectivity index (χ1n) is 8.29. The van der Waals surface area contributed by atoms with Crippen molar-refractivity contribution in [3.8, 4) is 0 Å². The van der Waals surface area contributed by atoms with Gasteiger partial charge in [0.05, 0.1) is 11.9 Å². The van der Waals surface area contributed by atoms with Gasteiger partial charge in [-0.15, -0.1) is 0 Å². The Morgan fingerprint density at radius 1 is 0.958 bits per heavy atom. The monoisotopic (exact) mass is 323 g/mol. The summed E-state index contributed by atoms with van der Waals surface area (Å²) in [6.07, 6.45) is 6.53. The number of benzene rings is 1. The summed E-state index contributed by atoms with van der Waals surface area (Å²) in [5, 5.41) is 5.97. The van der Waals surface area contributed by atoms with Gasteiger partial charge < -0.3 is 10.6 Å². The van der Waals surface area contributed by atoms with Crippen LogP contribution in [0.15, 0.2) is 54.9 Å². The lowest BCUT2D eigenvalue weighted by Gasteiger charge is -2.28. The normalized spacial score (nSPS) is 20.2. The Hall–Kier alpha value is -2.69. The molecule has 0 saturated heterocycles. The molecule has 2 aromatic rings. The first-order chi connectivity index (χ1) is 11.7. The average molecular weight is 323 g/mol. The molecule has 1 aliphatic rings. The molecule has 1 aliphatic carbocycles. The van der Waals surface area contributed by atoms with E-state index in [1.165, 1.54) is 0 Å². The molecule has 2 N–H and O–H groups in total. The minimum absolute atomic E-state index is 0.00455. The third-order valence-electron chi connectivity index (χ3n) is 4.40. The van der Waals surface area contributed by atoms with Crippen molar-refractivity contribution in [2.45, 2.75) is 31.7 Å². The smallest absolute Gasteiger partial charge is 0.251 e. The van der Waals surface area contributed by atoms with Crippen molar-refractivity contribution in [2.24, 2.45) is 5.92 Å². The fourth-order valence-corrected chi connectivity index (χ4v) is 3.04. The lowest BCUT2D eigenvalue weighted by Crippen LogP contribution is -2.39. The van der Waals surface area contributed by atoms with E-state index >= 15 is 0 Å². The molecule has 5 heteroatoms. The van der Waals surface area contributed by atoms with Gasteiger partial charge in [-0.1, -0.05) is 18.2 Å². The van der Waals surface area contributed by atoms with Crippen LogP contribution in [-0.4, -0.2) is 22.8 Å². The van der Waals surface area contributed by atoms with E-state index in [0.717, 1.165) is 31.4 Å². The third-order valence-corrected chi connectivity index (χ3v) is 4.40. The van der Waals surface area contributed by atoms with Crippen LogP contribution in [0.2, 0.25) is 0 Å². The van der Waals surface area contributed by atoms with Crippen LogP contribution in [0.3, 0.4) is 0 Å². The highest BCUT2D eigenvalue weighted by molar-refractivity contribution is 5.94. The largest absolute Gasteiger partial charge is 0.349 e. The molecule has 2 amide bonds. The molecule has 0 unspecified atom stereocenters. The third kappa shape index (κ3) is 4.19. The van der Waals surface area contributed by atoms with Gasteiger partial charge in [-0.05, 0) is 49.9 Å². The quantitative estimate of drug-likeness (QED) is 0.908. The number of aromatic nitrogens is 1. The van der Waals surface area contributed by atoms with Crippen molar-refractivity contribution in [3.05, 3.63) is 60.4 Å². The SMILES string of the molecule is O=C(NC1CCC(C(=O)Nc2cccnc2)CC1)c1ccccc1. The molecule has 5 nitrogen and oxygen atoms in total. The van der Waals surface area contributed by atoms with E-state index in [2.05, 4.69) is 15.6 Å². The number of carbonyl (C=O) groups is 2. The zero-order valence-corrected chi connectivity index (χ0v) is 13.4. The van der Waals surface area contributed by atoms with Crippen LogP contribution in [0.1, 0.15) is 36.0 Å². The number of anilines is 1. The van der Waals surface area contributed by atoms with Crippen LogP contribution in [0.4, 0.5) is 5.69 Å². The molecule has 0 aliphatic heterocycles. The van der Waals surface area contributed by atoms with E-state index in [1.807, 2.05) is 36.4 Å². The summed E-state index contributed by atoms with van der Waals surface area (Å²) in [6.45, 7) is 0. The molecule has 1 fully saturated rings. The fourth-order valence-electron chi connectivity index (χ4n) is 3.04. The second-order valence-electron chi connectivity index (χ2n) is 6.12. The highest BCUT2D eigenvalue weighted by Crippen LogP contribution is 2.25. The Morgan fingerprint density at radius 2 is 1.71 bits per heavy atom. The van der Waals surface area contributed by atoms with Crippen molar-refractivity contribution in [1.82, 2.24) is 10.3 Å². The summed E-state index contributed by atoms with van der Waals surface area (Å²) in [4.78, 5) is 28.5. The molecule has 0 radical (unpaired) electrons. The molecule has 1 aromatic heterocycles. The average Bonchev–Trinajstić information content (AvgIpc) is 2.64. The van der Waals surface area contributed by atoms with E-state index in [1.54, 1.807) is 18.5 Å². The number of nitrogens with one attached hydrogen (secondary N) is 2. The van der Waals surface area contributed by atoms with Gasteiger partial charge in [0.25, 0.3) is 5.91 Å². The van der Waals surface area contributed by atoms with Crippen LogP contribution in [-0.2, 0) is 4.79 Å². The van der Waals surface area contributed by atoms with Gasteiger partial charge in [0.2, 0.25) is 5.91 Å². The second-order valence-corrected chi connectivity index (χ2v) is 6.12. The van der Waals surface area contributed by atoms with Crippen LogP contribution in [0.25, 0.3) is 0 Å². The molecule has 124 valence electrons. The maximum absolute atomic E-state index is 12.3. The predicted octanol–water partition coefficient (Wildman–Crippen LogP) is 3.01. The number of hydrogen-bond acceptors (Lipinski definition) is 3. The molecule has 24 heavy (non-hydrogen) atoms. The van der Waals surface area contributed by atoms with Gasteiger partial charge in [-0.25, -0.2) is 0 Å². The summed E-state index contributed by atoms with van der Waals surface area (Å²) in [6, 6.07) is 13.0. The van der Waals surface area contributed by atoms with E-state index in [-0.39, 0.29) is 23.8 Å². The van der Waals surface area contributed by atoms with Gasteiger partial charge >= 0.3 is 0 Å². The Kier molecular flexibility index (Phi) is 5.21. The molecule has 0 spiro atoms. The van der Waals surface area contributed by atoms with Crippen LogP contribution in [0, 0.1) is 5.92 Å². The maximum Gasteiger partial charge on any atom is 0.251 e. The summed E-state index contributed by atoms with van der Waals surface area (Å²) >= 11 is 0. The van der Waals surface area contributed by atoms with Gasteiger partial charge in [-0.3, -0.25) is 14.6 Å². The number of carbonyl (C=O) groups excluding carboxylic acids is 2. The topological polar surface area (TPSA) is 71.1 Å². The fraction of sp³-hybridized carbons (Fsp3) is 0.316. The lowest BCUT2D eigenvalue weighted by atomic mass is 9.85. The van der Waals surface area contributed by atoms with E-state index in [9.17, 15) is 9.59 Å². The van der Waals surface area contributed by atoms with Crippen molar-refractivity contribution in [1.29, 1.82) is 0 Å². The molecule has 1 heterocycles. The second kappa shape index (κ2) is 7.73. The van der Waals surface area contributed by atoms with E-state index in [4.69, 9.17) is 0 Å². The Labute approximate surface area is 141 Å². The summed E-state index contributed by atoms with van der Waals surface area (Å²) in [5.74, 6) is -0.00946. The van der Waals surface area contributed by atoms with Crippen molar-refractivity contribution < 1.29 is 9.59 Å². The zero-order chi connectivity index (χ0) is 16.8.